The summed E-state index contributed by atoms with van der Waals surface area (Å²) in [6.07, 6.45) is 2.57. The normalized spacial score (nSPS) is 16.5. The maximum atomic E-state index is 12.5. The minimum Gasteiger partial charge on any atom is -0.378 e. The van der Waals surface area contributed by atoms with Crippen molar-refractivity contribution >= 4 is 5.91 Å². The predicted molar refractivity (Wildman–Crippen MR) is 74.1 cm³/mol. The molecule has 0 saturated carbocycles. The molecular formula is C15H22N2O2. The molecule has 19 heavy (non-hydrogen) atoms. The Kier molecular flexibility index (Phi) is 4.20. The summed E-state index contributed by atoms with van der Waals surface area (Å²) < 4.78 is 5.29. The Balaban J connectivity index is 2.21. The highest BCUT2D eigenvalue weighted by molar-refractivity contribution is 5.95. The zero-order valence-electron chi connectivity index (χ0n) is 12.0. The smallest absolute Gasteiger partial charge is 0.255 e. The van der Waals surface area contributed by atoms with Gasteiger partial charge in [0.05, 0.1) is 24.5 Å². The van der Waals surface area contributed by atoms with Gasteiger partial charge in [-0.1, -0.05) is 20.8 Å². The number of pyridine rings is 1. The van der Waals surface area contributed by atoms with E-state index in [1.54, 1.807) is 6.20 Å². The van der Waals surface area contributed by atoms with E-state index in [-0.39, 0.29) is 11.3 Å². The number of morpholine rings is 1. The van der Waals surface area contributed by atoms with Gasteiger partial charge in [-0.25, -0.2) is 0 Å². The number of carbonyl (C=O) groups excluding carboxylic acids is 1. The number of hydrogen-bond acceptors (Lipinski definition) is 3. The van der Waals surface area contributed by atoms with E-state index in [1.165, 1.54) is 0 Å². The molecular weight excluding hydrogens is 240 g/mol. The molecule has 0 aromatic carbocycles. The minimum atomic E-state index is 0.0793. The molecule has 1 amide bonds. The summed E-state index contributed by atoms with van der Waals surface area (Å²) in [5.74, 6) is 0.0793. The van der Waals surface area contributed by atoms with Crippen molar-refractivity contribution in [1.82, 2.24) is 9.88 Å². The van der Waals surface area contributed by atoms with Crippen LogP contribution in [-0.2, 0) is 11.2 Å². The lowest BCUT2D eigenvalue weighted by Crippen LogP contribution is -2.41. The van der Waals surface area contributed by atoms with Crippen LogP contribution < -0.4 is 0 Å². The Morgan fingerprint density at radius 2 is 2.05 bits per heavy atom. The van der Waals surface area contributed by atoms with E-state index in [4.69, 9.17) is 4.74 Å². The third-order valence-electron chi connectivity index (χ3n) is 3.12. The first kappa shape index (κ1) is 14.0. The van der Waals surface area contributed by atoms with Crippen LogP contribution in [0.15, 0.2) is 18.3 Å². The molecule has 2 heterocycles. The standard InChI is InChI=1S/C15H22N2O2/c1-15(2,3)11-13-12(5-4-6-16-13)14(18)17-7-9-19-10-8-17/h4-6H,7-11H2,1-3H3. The van der Waals surface area contributed by atoms with E-state index in [2.05, 4.69) is 25.8 Å². The first-order chi connectivity index (χ1) is 8.97. The molecule has 0 bridgehead atoms. The van der Waals surface area contributed by atoms with Crippen molar-refractivity contribution in [2.24, 2.45) is 5.41 Å². The second-order valence-corrected chi connectivity index (χ2v) is 6.14. The third-order valence-corrected chi connectivity index (χ3v) is 3.12. The summed E-state index contributed by atoms with van der Waals surface area (Å²) in [6.45, 7) is 9.06. The molecule has 1 saturated heterocycles. The zero-order chi connectivity index (χ0) is 13.9. The molecule has 0 unspecified atom stereocenters. The topological polar surface area (TPSA) is 42.4 Å². The lowest BCUT2D eigenvalue weighted by atomic mass is 9.88. The van der Waals surface area contributed by atoms with Crippen LogP contribution in [0.5, 0.6) is 0 Å². The van der Waals surface area contributed by atoms with Gasteiger partial charge >= 0.3 is 0 Å². The van der Waals surface area contributed by atoms with E-state index in [0.717, 1.165) is 17.7 Å². The van der Waals surface area contributed by atoms with Gasteiger partial charge in [0.15, 0.2) is 0 Å². The van der Waals surface area contributed by atoms with Crippen molar-refractivity contribution in [3.63, 3.8) is 0 Å². The van der Waals surface area contributed by atoms with Crippen molar-refractivity contribution in [2.45, 2.75) is 27.2 Å². The maximum Gasteiger partial charge on any atom is 0.255 e. The number of amides is 1. The molecule has 1 fully saturated rings. The number of nitrogens with zero attached hydrogens (tertiary/aromatic N) is 2. The van der Waals surface area contributed by atoms with E-state index in [1.807, 2.05) is 17.0 Å². The summed E-state index contributed by atoms with van der Waals surface area (Å²) in [6, 6.07) is 3.71. The second-order valence-electron chi connectivity index (χ2n) is 6.14. The van der Waals surface area contributed by atoms with Crippen LogP contribution >= 0.6 is 0 Å². The molecule has 2 rings (SSSR count). The third kappa shape index (κ3) is 3.77. The molecule has 1 aromatic heterocycles. The second kappa shape index (κ2) is 5.70. The van der Waals surface area contributed by atoms with Crippen molar-refractivity contribution in [2.75, 3.05) is 26.3 Å². The molecule has 0 atom stereocenters. The summed E-state index contributed by atoms with van der Waals surface area (Å²) in [4.78, 5) is 18.8. The Hall–Kier alpha value is -1.42. The quantitative estimate of drug-likeness (QED) is 0.820. The highest BCUT2D eigenvalue weighted by Gasteiger charge is 2.23. The van der Waals surface area contributed by atoms with Crippen LogP contribution in [0.3, 0.4) is 0 Å². The first-order valence-electron chi connectivity index (χ1n) is 6.78. The number of rotatable bonds is 2. The van der Waals surface area contributed by atoms with Crippen molar-refractivity contribution in [3.05, 3.63) is 29.6 Å². The molecule has 4 heteroatoms. The number of aromatic nitrogens is 1. The Morgan fingerprint density at radius 1 is 1.37 bits per heavy atom. The van der Waals surface area contributed by atoms with Crippen LogP contribution in [0.1, 0.15) is 36.8 Å². The lowest BCUT2D eigenvalue weighted by molar-refractivity contribution is 0.0301. The molecule has 0 spiro atoms. The minimum absolute atomic E-state index is 0.0793. The monoisotopic (exact) mass is 262 g/mol. The lowest BCUT2D eigenvalue weighted by Gasteiger charge is -2.28. The Morgan fingerprint density at radius 3 is 2.68 bits per heavy atom. The fraction of sp³-hybridized carbons (Fsp3) is 0.600. The molecule has 1 aromatic rings. The van der Waals surface area contributed by atoms with Gasteiger partial charge in [-0.3, -0.25) is 9.78 Å². The van der Waals surface area contributed by atoms with E-state index in [9.17, 15) is 4.79 Å². The maximum absolute atomic E-state index is 12.5. The van der Waals surface area contributed by atoms with Crippen molar-refractivity contribution in [3.8, 4) is 0 Å². The Labute approximate surface area is 114 Å². The van der Waals surface area contributed by atoms with Gasteiger partial charge in [-0.05, 0) is 24.0 Å². The number of hydrogen-bond donors (Lipinski definition) is 0. The van der Waals surface area contributed by atoms with Crippen molar-refractivity contribution < 1.29 is 9.53 Å². The fourth-order valence-electron chi connectivity index (χ4n) is 2.21. The van der Waals surface area contributed by atoms with Crippen LogP contribution in [0.25, 0.3) is 0 Å². The van der Waals surface area contributed by atoms with E-state index < -0.39 is 0 Å². The Bertz CT molecular complexity index is 446. The highest BCUT2D eigenvalue weighted by atomic mass is 16.5. The molecule has 4 nitrogen and oxygen atoms in total. The fourth-order valence-corrected chi connectivity index (χ4v) is 2.21. The number of ether oxygens (including phenoxy) is 1. The SMILES string of the molecule is CC(C)(C)Cc1ncccc1C(=O)N1CCOCC1. The molecule has 104 valence electrons. The molecule has 0 N–H and O–H groups in total. The summed E-state index contributed by atoms with van der Waals surface area (Å²) in [5.41, 5.74) is 1.75. The van der Waals surface area contributed by atoms with Gasteiger partial charge in [0.25, 0.3) is 5.91 Å². The van der Waals surface area contributed by atoms with Gasteiger partial charge in [0, 0.05) is 19.3 Å². The van der Waals surface area contributed by atoms with Gasteiger partial charge < -0.3 is 9.64 Å². The van der Waals surface area contributed by atoms with Crippen LogP contribution in [-0.4, -0.2) is 42.1 Å². The average Bonchev–Trinajstić information content (AvgIpc) is 2.38. The predicted octanol–water partition coefficient (Wildman–Crippen LogP) is 2.14. The van der Waals surface area contributed by atoms with Gasteiger partial charge in [-0.2, -0.15) is 0 Å². The van der Waals surface area contributed by atoms with E-state index in [0.29, 0.717) is 26.3 Å². The molecule has 0 aliphatic carbocycles. The highest BCUT2D eigenvalue weighted by Crippen LogP contribution is 2.22. The summed E-state index contributed by atoms with van der Waals surface area (Å²) >= 11 is 0. The van der Waals surface area contributed by atoms with Crippen LogP contribution in [0.2, 0.25) is 0 Å². The van der Waals surface area contributed by atoms with Crippen LogP contribution in [0.4, 0.5) is 0 Å². The van der Waals surface area contributed by atoms with Gasteiger partial charge in [-0.15, -0.1) is 0 Å². The van der Waals surface area contributed by atoms with E-state index >= 15 is 0 Å². The summed E-state index contributed by atoms with van der Waals surface area (Å²) in [7, 11) is 0. The molecule has 0 radical (unpaired) electrons. The summed E-state index contributed by atoms with van der Waals surface area (Å²) in [5, 5.41) is 0. The van der Waals surface area contributed by atoms with Crippen molar-refractivity contribution in [1.29, 1.82) is 0 Å². The average molecular weight is 262 g/mol. The first-order valence-corrected chi connectivity index (χ1v) is 6.78. The van der Waals surface area contributed by atoms with Gasteiger partial charge in [0.1, 0.15) is 0 Å². The zero-order valence-corrected chi connectivity index (χ0v) is 12.0. The molecule has 1 aliphatic rings. The largest absolute Gasteiger partial charge is 0.378 e. The van der Waals surface area contributed by atoms with Crippen LogP contribution in [0, 0.1) is 5.41 Å². The van der Waals surface area contributed by atoms with Gasteiger partial charge in [0.2, 0.25) is 0 Å². The number of carbonyl (C=O) groups is 1. The molecule has 1 aliphatic heterocycles.